The Morgan fingerprint density at radius 1 is 1.04 bits per heavy atom. The Morgan fingerprint density at radius 2 is 1.71 bits per heavy atom. The van der Waals surface area contributed by atoms with E-state index in [1.54, 1.807) is 12.1 Å². The average Bonchev–Trinajstić information content (AvgIpc) is 2.57. The number of hydrogen-bond donors (Lipinski definition) is 1. The predicted octanol–water partition coefficient (Wildman–Crippen LogP) is 2.69. The summed E-state index contributed by atoms with van der Waals surface area (Å²) in [7, 11) is 2.66. The molecular formula is C17H15F2NO4. The van der Waals surface area contributed by atoms with Crippen molar-refractivity contribution in [2.24, 2.45) is 0 Å². The number of ether oxygens (including phenoxy) is 2. The number of carbonyl (C=O) groups is 2. The third kappa shape index (κ3) is 4.07. The molecule has 2 aromatic carbocycles. The van der Waals surface area contributed by atoms with Crippen LogP contribution < -0.4 is 10.1 Å². The molecule has 0 saturated heterocycles. The van der Waals surface area contributed by atoms with Crippen LogP contribution in [-0.2, 0) is 11.3 Å². The summed E-state index contributed by atoms with van der Waals surface area (Å²) < 4.78 is 36.0. The van der Waals surface area contributed by atoms with Crippen LogP contribution in [0.1, 0.15) is 26.3 Å². The van der Waals surface area contributed by atoms with Gasteiger partial charge in [-0.2, -0.15) is 0 Å². The number of benzene rings is 2. The lowest BCUT2D eigenvalue weighted by molar-refractivity contribution is 0.0597. The van der Waals surface area contributed by atoms with Crippen molar-refractivity contribution < 1.29 is 27.8 Å². The highest BCUT2D eigenvalue weighted by atomic mass is 19.1. The van der Waals surface area contributed by atoms with Crippen LogP contribution in [0.2, 0.25) is 0 Å². The van der Waals surface area contributed by atoms with Crippen LogP contribution in [0, 0.1) is 11.6 Å². The molecule has 2 aromatic rings. The molecule has 0 aliphatic carbocycles. The Labute approximate surface area is 137 Å². The molecule has 1 N–H and O–H groups in total. The van der Waals surface area contributed by atoms with E-state index < -0.39 is 23.5 Å². The SMILES string of the molecule is COC(=O)c1cc(CNC(=O)c2cc(F)cc(F)c2)ccc1OC. The molecular weight excluding hydrogens is 320 g/mol. The summed E-state index contributed by atoms with van der Waals surface area (Å²) >= 11 is 0. The van der Waals surface area contributed by atoms with Crippen LogP contribution in [0.3, 0.4) is 0 Å². The van der Waals surface area contributed by atoms with Crippen molar-refractivity contribution in [1.29, 1.82) is 0 Å². The molecule has 0 aliphatic heterocycles. The van der Waals surface area contributed by atoms with E-state index in [1.165, 1.54) is 20.3 Å². The molecule has 24 heavy (non-hydrogen) atoms. The lowest BCUT2D eigenvalue weighted by atomic mass is 10.1. The lowest BCUT2D eigenvalue weighted by Gasteiger charge is -2.10. The van der Waals surface area contributed by atoms with E-state index >= 15 is 0 Å². The molecule has 1 amide bonds. The van der Waals surface area contributed by atoms with E-state index in [0.717, 1.165) is 12.1 Å². The second kappa shape index (κ2) is 7.54. The van der Waals surface area contributed by atoms with Gasteiger partial charge in [0.2, 0.25) is 0 Å². The van der Waals surface area contributed by atoms with Crippen molar-refractivity contribution >= 4 is 11.9 Å². The van der Waals surface area contributed by atoms with Crippen molar-refractivity contribution in [2.75, 3.05) is 14.2 Å². The number of nitrogens with one attached hydrogen (secondary N) is 1. The Hall–Kier alpha value is -2.96. The summed E-state index contributed by atoms with van der Waals surface area (Å²) in [5.41, 5.74) is 0.680. The molecule has 0 atom stereocenters. The highest BCUT2D eigenvalue weighted by molar-refractivity contribution is 5.94. The predicted molar refractivity (Wildman–Crippen MR) is 81.9 cm³/mol. The summed E-state index contributed by atoms with van der Waals surface area (Å²) in [5.74, 6) is -2.55. The smallest absolute Gasteiger partial charge is 0.341 e. The van der Waals surface area contributed by atoms with Gasteiger partial charge in [0.1, 0.15) is 22.9 Å². The van der Waals surface area contributed by atoms with Crippen LogP contribution in [0.15, 0.2) is 36.4 Å². The van der Waals surface area contributed by atoms with Gasteiger partial charge in [0.05, 0.1) is 14.2 Å². The average molecular weight is 335 g/mol. The minimum absolute atomic E-state index is 0.0605. The highest BCUT2D eigenvalue weighted by Gasteiger charge is 2.14. The summed E-state index contributed by atoms with van der Waals surface area (Å²) in [5, 5.41) is 2.53. The van der Waals surface area contributed by atoms with E-state index in [9.17, 15) is 18.4 Å². The number of amides is 1. The van der Waals surface area contributed by atoms with Crippen LogP contribution in [0.4, 0.5) is 8.78 Å². The number of methoxy groups -OCH3 is 2. The number of hydrogen-bond acceptors (Lipinski definition) is 4. The minimum Gasteiger partial charge on any atom is -0.496 e. The Kier molecular flexibility index (Phi) is 5.47. The first-order valence-electron chi connectivity index (χ1n) is 6.94. The summed E-state index contributed by atoms with van der Waals surface area (Å²) in [6.45, 7) is 0.0605. The van der Waals surface area contributed by atoms with Crippen LogP contribution >= 0.6 is 0 Å². The molecule has 0 fully saturated rings. The first kappa shape index (κ1) is 17.4. The van der Waals surface area contributed by atoms with Gasteiger partial charge in [-0.05, 0) is 29.8 Å². The zero-order valence-electron chi connectivity index (χ0n) is 13.1. The second-order valence-corrected chi connectivity index (χ2v) is 4.87. The minimum atomic E-state index is -0.836. The fourth-order valence-electron chi connectivity index (χ4n) is 2.10. The number of rotatable bonds is 5. The van der Waals surface area contributed by atoms with E-state index in [1.807, 2.05) is 0 Å². The first-order valence-corrected chi connectivity index (χ1v) is 6.94. The number of carbonyl (C=O) groups excluding carboxylic acids is 2. The molecule has 0 heterocycles. The maximum Gasteiger partial charge on any atom is 0.341 e. The van der Waals surface area contributed by atoms with Crippen molar-refractivity contribution in [1.82, 2.24) is 5.32 Å². The molecule has 0 bridgehead atoms. The van der Waals surface area contributed by atoms with Crippen molar-refractivity contribution in [3.05, 3.63) is 64.7 Å². The normalized spacial score (nSPS) is 10.2. The fraction of sp³-hybridized carbons (Fsp3) is 0.176. The molecule has 0 saturated carbocycles. The summed E-state index contributed by atoms with van der Waals surface area (Å²) in [6, 6.07) is 7.28. The van der Waals surface area contributed by atoms with Gasteiger partial charge in [-0.15, -0.1) is 0 Å². The molecule has 0 aliphatic rings. The van der Waals surface area contributed by atoms with Gasteiger partial charge in [-0.3, -0.25) is 4.79 Å². The molecule has 5 nitrogen and oxygen atoms in total. The van der Waals surface area contributed by atoms with Gasteiger partial charge in [0, 0.05) is 18.2 Å². The van der Waals surface area contributed by atoms with E-state index in [2.05, 4.69) is 10.1 Å². The van der Waals surface area contributed by atoms with Gasteiger partial charge >= 0.3 is 5.97 Å². The van der Waals surface area contributed by atoms with Crippen LogP contribution in [0.5, 0.6) is 5.75 Å². The zero-order valence-corrected chi connectivity index (χ0v) is 13.1. The van der Waals surface area contributed by atoms with Crippen LogP contribution in [0.25, 0.3) is 0 Å². The fourth-order valence-corrected chi connectivity index (χ4v) is 2.10. The molecule has 0 radical (unpaired) electrons. The molecule has 0 spiro atoms. The summed E-state index contributed by atoms with van der Waals surface area (Å²) in [6.07, 6.45) is 0. The van der Waals surface area contributed by atoms with Gasteiger partial charge in [-0.1, -0.05) is 6.07 Å². The van der Waals surface area contributed by atoms with E-state index in [-0.39, 0.29) is 17.7 Å². The van der Waals surface area contributed by atoms with Crippen molar-refractivity contribution in [3.63, 3.8) is 0 Å². The highest BCUT2D eigenvalue weighted by Crippen LogP contribution is 2.21. The van der Waals surface area contributed by atoms with E-state index in [4.69, 9.17) is 4.74 Å². The molecule has 2 rings (SSSR count). The van der Waals surface area contributed by atoms with Crippen molar-refractivity contribution in [3.8, 4) is 5.75 Å². The molecule has 0 unspecified atom stereocenters. The monoisotopic (exact) mass is 335 g/mol. The Balaban J connectivity index is 2.14. The topological polar surface area (TPSA) is 64.6 Å². The Bertz CT molecular complexity index is 757. The first-order chi connectivity index (χ1) is 11.4. The molecule has 0 aromatic heterocycles. The Morgan fingerprint density at radius 3 is 2.29 bits per heavy atom. The van der Waals surface area contributed by atoms with Crippen molar-refractivity contribution in [2.45, 2.75) is 6.54 Å². The largest absolute Gasteiger partial charge is 0.496 e. The van der Waals surface area contributed by atoms with Gasteiger partial charge in [0.25, 0.3) is 5.91 Å². The third-order valence-corrected chi connectivity index (χ3v) is 3.25. The number of halogens is 2. The maximum absolute atomic E-state index is 13.1. The van der Waals surface area contributed by atoms with Gasteiger partial charge in [0.15, 0.2) is 0 Å². The lowest BCUT2D eigenvalue weighted by Crippen LogP contribution is -2.23. The van der Waals surface area contributed by atoms with Gasteiger partial charge < -0.3 is 14.8 Å². The second-order valence-electron chi connectivity index (χ2n) is 4.87. The standard InChI is InChI=1S/C17H15F2NO4/c1-23-15-4-3-10(5-14(15)17(22)24-2)9-20-16(21)11-6-12(18)8-13(19)7-11/h3-8H,9H2,1-2H3,(H,20,21). The van der Waals surface area contributed by atoms with Crippen LogP contribution in [-0.4, -0.2) is 26.1 Å². The molecule has 126 valence electrons. The zero-order chi connectivity index (χ0) is 17.7. The summed E-state index contributed by atoms with van der Waals surface area (Å²) in [4.78, 5) is 23.7. The number of esters is 1. The van der Waals surface area contributed by atoms with E-state index in [0.29, 0.717) is 17.4 Å². The molecule has 7 heteroatoms. The van der Waals surface area contributed by atoms with Gasteiger partial charge in [-0.25, -0.2) is 13.6 Å². The maximum atomic E-state index is 13.1. The third-order valence-electron chi connectivity index (χ3n) is 3.25. The quantitative estimate of drug-likeness (QED) is 0.853.